The molecule has 0 aliphatic heterocycles. The van der Waals surface area contributed by atoms with Gasteiger partial charge in [-0.05, 0) is 66.7 Å². The summed E-state index contributed by atoms with van der Waals surface area (Å²) in [5.41, 5.74) is 1.05. The fourth-order valence-corrected chi connectivity index (χ4v) is 3.54. The lowest BCUT2D eigenvalue weighted by molar-refractivity contribution is 0.262. The Morgan fingerprint density at radius 3 is 2.14 bits per heavy atom. The Morgan fingerprint density at radius 1 is 0.862 bits per heavy atom. The highest BCUT2D eigenvalue weighted by Crippen LogP contribution is 2.21. The van der Waals surface area contributed by atoms with Gasteiger partial charge in [0, 0.05) is 17.1 Å². The monoisotopic (exact) mass is 415 g/mol. The number of ether oxygens (including phenoxy) is 1. The minimum absolute atomic E-state index is 0.0205. The maximum Gasteiger partial charge on any atom is 0.323 e. The molecule has 2 amide bonds. The van der Waals surface area contributed by atoms with Gasteiger partial charge >= 0.3 is 6.03 Å². The average molecular weight is 415 g/mol. The Bertz CT molecular complexity index is 1100. The first kappa shape index (κ1) is 20.2. The predicted molar refractivity (Wildman–Crippen MR) is 109 cm³/mol. The Balaban J connectivity index is 1.70. The molecule has 29 heavy (non-hydrogen) atoms. The molecule has 0 radical (unpaired) electrons. The number of halogens is 1. The van der Waals surface area contributed by atoms with Gasteiger partial charge in [0.2, 0.25) is 0 Å². The summed E-state index contributed by atoms with van der Waals surface area (Å²) in [6.45, 7) is 0. The molecule has 9 heteroatoms. The Kier molecular flexibility index (Phi) is 5.99. The first-order valence-electron chi connectivity index (χ1n) is 8.46. The summed E-state index contributed by atoms with van der Waals surface area (Å²) in [5.74, 6) is 0.185. The van der Waals surface area contributed by atoms with Crippen LogP contribution in [-0.4, -0.2) is 21.6 Å². The lowest BCUT2D eigenvalue weighted by Gasteiger charge is -2.11. The van der Waals surface area contributed by atoms with Crippen LogP contribution in [-0.2, 0) is 10.0 Å². The van der Waals surface area contributed by atoms with Gasteiger partial charge < -0.3 is 15.4 Å². The molecule has 0 heterocycles. The van der Waals surface area contributed by atoms with Crippen LogP contribution in [0.4, 0.5) is 26.2 Å². The van der Waals surface area contributed by atoms with Gasteiger partial charge in [0.25, 0.3) is 10.0 Å². The second kappa shape index (κ2) is 8.61. The van der Waals surface area contributed by atoms with Crippen LogP contribution in [0.15, 0.2) is 77.7 Å². The number of methoxy groups -OCH3 is 1. The van der Waals surface area contributed by atoms with Gasteiger partial charge in [-0.3, -0.25) is 4.72 Å². The molecule has 0 unspecified atom stereocenters. The second-order valence-corrected chi connectivity index (χ2v) is 7.63. The Labute approximate surface area is 167 Å². The van der Waals surface area contributed by atoms with E-state index in [0.717, 1.165) is 0 Å². The highest BCUT2D eigenvalue weighted by molar-refractivity contribution is 7.92. The van der Waals surface area contributed by atoms with Gasteiger partial charge in [0.15, 0.2) is 0 Å². The average Bonchev–Trinajstić information content (AvgIpc) is 2.70. The van der Waals surface area contributed by atoms with Crippen LogP contribution in [0.1, 0.15) is 0 Å². The van der Waals surface area contributed by atoms with E-state index in [1.807, 2.05) is 0 Å². The number of carbonyl (C=O) groups is 1. The van der Waals surface area contributed by atoms with Crippen molar-refractivity contribution in [3.63, 3.8) is 0 Å². The van der Waals surface area contributed by atoms with Crippen LogP contribution in [0.5, 0.6) is 5.75 Å². The van der Waals surface area contributed by atoms with Crippen LogP contribution >= 0.6 is 0 Å². The number of benzene rings is 3. The first-order valence-corrected chi connectivity index (χ1v) is 9.94. The topological polar surface area (TPSA) is 96.5 Å². The van der Waals surface area contributed by atoms with Crippen molar-refractivity contribution in [2.24, 2.45) is 0 Å². The Morgan fingerprint density at radius 2 is 1.48 bits per heavy atom. The number of anilines is 3. The van der Waals surface area contributed by atoms with E-state index in [1.165, 1.54) is 49.6 Å². The summed E-state index contributed by atoms with van der Waals surface area (Å²) < 4.78 is 45.7. The molecular formula is C20H18FN3O4S. The fourth-order valence-electron chi connectivity index (χ4n) is 2.44. The highest BCUT2D eigenvalue weighted by atomic mass is 32.2. The van der Waals surface area contributed by atoms with Crippen LogP contribution < -0.4 is 20.1 Å². The molecule has 3 aromatic carbocycles. The van der Waals surface area contributed by atoms with E-state index in [1.54, 1.807) is 30.3 Å². The van der Waals surface area contributed by atoms with Gasteiger partial charge in [0.1, 0.15) is 11.6 Å². The number of hydrogen-bond donors (Lipinski definition) is 3. The molecule has 0 bridgehead atoms. The van der Waals surface area contributed by atoms with Crippen molar-refractivity contribution in [3.8, 4) is 5.75 Å². The van der Waals surface area contributed by atoms with E-state index < -0.39 is 21.9 Å². The number of rotatable bonds is 6. The van der Waals surface area contributed by atoms with Gasteiger partial charge in [-0.1, -0.05) is 6.07 Å². The van der Waals surface area contributed by atoms with E-state index in [-0.39, 0.29) is 10.6 Å². The molecule has 3 N–H and O–H groups in total. The van der Waals surface area contributed by atoms with Crippen LogP contribution in [0.2, 0.25) is 0 Å². The maximum absolute atomic E-state index is 12.9. The van der Waals surface area contributed by atoms with Crippen molar-refractivity contribution in [2.75, 3.05) is 22.5 Å². The predicted octanol–water partition coefficient (Wildman–Crippen LogP) is 4.28. The summed E-state index contributed by atoms with van der Waals surface area (Å²) >= 11 is 0. The van der Waals surface area contributed by atoms with Crippen molar-refractivity contribution in [1.82, 2.24) is 0 Å². The smallest absolute Gasteiger partial charge is 0.323 e. The fraction of sp³-hybridized carbons (Fsp3) is 0.0500. The lowest BCUT2D eigenvalue weighted by atomic mass is 10.3. The summed E-state index contributed by atoms with van der Waals surface area (Å²) in [4.78, 5) is 12.1. The van der Waals surface area contributed by atoms with E-state index in [0.29, 0.717) is 17.1 Å². The van der Waals surface area contributed by atoms with Gasteiger partial charge in [-0.15, -0.1) is 0 Å². The quantitative estimate of drug-likeness (QED) is 0.560. The molecular weight excluding hydrogens is 397 g/mol. The zero-order valence-corrected chi connectivity index (χ0v) is 16.2. The van der Waals surface area contributed by atoms with E-state index in [4.69, 9.17) is 4.74 Å². The number of amides is 2. The number of urea groups is 1. The molecule has 150 valence electrons. The van der Waals surface area contributed by atoms with Gasteiger partial charge in [-0.25, -0.2) is 17.6 Å². The number of nitrogens with one attached hydrogen (secondary N) is 3. The zero-order valence-electron chi connectivity index (χ0n) is 15.3. The summed E-state index contributed by atoms with van der Waals surface area (Å²) in [6.07, 6.45) is 0. The molecule has 0 aromatic heterocycles. The van der Waals surface area contributed by atoms with Crippen molar-refractivity contribution in [3.05, 3.63) is 78.6 Å². The van der Waals surface area contributed by atoms with Gasteiger partial charge in [0.05, 0.1) is 12.0 Å². The van der Waals surface area contributed by atoms with E-state index in [2.05, 4.69) is 15.4 Å². The van der Waals surface area contributed by atoms with Gasteiger partial charge in [-0.2, -0.15) is 0 Å². The first-order chi connectivity index (χ1) is 13.9. The summed E-state index contributed by atoms with van der Waals surface area (Å²) in [7, 11) is -2.34. The normalized spacial score (nSPS) is 10.8. The van der Waals surface area contributed by atoms with Crippen molar-refractivity contribution in [2.45, 2.75) is 4.90 Å². The maximum atomic E-state index is 12.9. The largest absolute Gasteiger partial charge is 0.497 e. The minimum atomic E-state index is -3.86. The van der Waals surface area contributed by atoms with Crippen molar-refractivity contribution < 1.29 is 22.3 Å². The molecule has 0 saturated carbocycles. The lowest BCUT2D eigenvalue weighted by Crippen LogP contribution is -2.20. The van der Waals surface area contributed by atoms with E-state index >= 15 is 0 Å². The third kappa shape index (κ3) is 5.45. The molecule has 7 nitrogen and oxygen atoms in total. The number of sulfonamides is 1. The van der Waals surface area contributed by atoms with Crippen molar-refractivity contribution in [1.29, 1.82) is 0 Å². The number of hydrogen-bond acceptors (Lipinski definition) is 4. The number of carbonyl (C=O) groups excluding carboxylic acids is 1. The Hall–Kier alpha value is -3.59. The van der Waals surface area contributed by atoms with Crippen LogP contribution in [0.25, 0.3) is 0 Å². The van der Waals surface area contributed by atoms with Crippen LogP contribution in [0.3, 0.4) is 0 Å². The molecule has 0 atom stereocenters. The zero-order chi connectivity index (χ0) is 20.9. The molecule has 0 saturated heterocycles. The highest BCUT2D eigenvalue weighted by Gasteiger charge is 2.15. The molecule has 0 spiro atoms. The summed E-state index contributed by atoms with van der Waals surface area (Å²) in [5, 5.41) is 5.08. The van der Waals surface area contributed by atoms with Crippen LogP contribution in [0, 0.1) is 5.82 Å². The summed E-state index contributed by atoms with van der Waals surface area (Å²) in [6, 6.07) is 16.9. The van der Waals surface area contributed by atoms with E-state index in [9.17, 15) is 17.6 Å². The minimum Gasteiger partial charge on any atom is -0.497 e. The third-order valence-corrected chi connectivity index (χ3v) is 5.23. The second-order valence-electron chi connectivity index (χ2n) is 5.95. The molecule has 3 aromatic rings. The SMILES string of the molecule is COc1ccc(NS(=O)(=O)c2cccc(NC(=O)Nc3ccc(F)cc3)c2)cc1. The molecule has 0 aliphatic rings. The standard InChI is InChI=1S/C20H18FN3O4S/c1-28-18-11-9-16(10-12-18)24-29(26,27)19-4-2-3-17(13-19)23-20(25)22-15-7-5-14(21)6-8-15/h2-13,24H,1H3,(H2,22,23,25). The molecule has 0 aliphatic carbocycles. The molecule has 0 fully saturated rings. The third-order valence-electron chi connectivity index (χ3n) is 3.85. The van der Waals surface area contributed by atoms with Crippen molar-refractivity contribution >= 4 is 33.1 Å². The molecule has 3 rings (SSSR count).